The van der Waals surface area contributed by atoms with Crippen molar-refractivity contribution in [3.63, 3.8) is 0 Å². The number of hydrogen-bond donors (Lipinski definition) is 0. The second kappa shape index (κ2) is 11.5. The van der Waals surface area contributed by atoms with Crippen molar-refractivity contribution in [2.45, 2.75) is 71.6 Å². The van der Waals surface area contributed by atoms with E-state index in [1.807, 2.05) is 0 Å². The molecule has 0 N–H and O–H groups in total. The highest BCUT2D eigenvalue weighted by Crippen LogP contribution is 2.30. The molecule has 2 rings (SSSR count). The van der Waals surface area contributed by atoms with Crippen LogP contribution in [0.1, 0.15) is 88.6 Å². The number of halogens is 3. The third-order valence-corrected chi connectivity index (χ3v) is 5.64. The zero-order chi connectivity index (χ0) is 24.6. The molecule has 0 heterocycles. The summed E-state index contributed by atoms with van der Waals surface area (Å²) in [5.74, 6) is 15.2. The lowest BCUT2D eigenvalue weighted by Gasteiger charge is -2.25. The zero-order valence-electron chi connectivity index (χ0n) is 20.3. The lowest BCUT2D eigenvalue weighted by atomic mass is 9.79. The summed E-state index contributed by atoms with van der Waals surface area (Å²) in [6.07, 6.45) is 2.66. The molecule has 0 aliphatic heterocycles. The Labute approximate surface area is 206 Å². The molecule has 0 saturated carbocycles. The van der Waals surface area contributed by atoms with Gasteiger partial charge in [-0.05, 0) is 76.8 Å². The van der Waals surface area contributed by atoms with Crippen molar-refractivity contribution < 1.29 is 8.78 Å². The first-order valence-electron chi connectivity index (χ1n) is 11.1. The van der Waals surface area contributed by atoms with Crippen LogP contribution in [0.4, 0.5) is 8.78 Å². The van der Waals surface area contributed by atoms with Crippen molar-refractivity contribution in [3.8, 4) is 35.5 Å². The minimum Gasteiger partial charge on any atom is -0.205 e. The fraction of sp³-hybridized carbons (Fsp3) is 0.400. The monoisotopic (exact) mass is 508 g/mol. The Hall–Kier alpha value is -2.54. The van der Waals surface area contributed by atoms with Gasteiger partial charge in [0.05, 0.1) is 5.56 Å². The maximum atomic E-state index is 14.4. The van der Waals surface area contributed by atoms with Crippen LogP contribution in [0.2, 0.25) is 0 Å². The molecule has 0 atom stereocenters. The van der Waals surface area contributed by atoms with Gasteiger partial charge in [-0.15, -0.1) is 0 Å². The van der Waals surface area contributed by atoms with Crippen molar-refractivity contribution >= 4 is 15.9 Å². The predicted octanol–water partition coefficient (Wildman–Crippen LogP) is 7.88. The van der Waals surface area contributed by atoms with Crippen LogP contribution in [0.15, 0.2) is 30.3 Å². The van der Waals surface area contributed by atoms with Crippen LogP contribution in [0.3, 0.4) is 0 Å². The highest BCUT2D eigenvalue weighted by Gasteiger charge is 2.20. The summed E-state index contributed by atoms with van der Waals surface area (Å²) >= 11 is 3.36. The number of unbranched alkanes of at least 4 members (excludes halogenated alkanes) is 2. The molecule has 33 heavy (non-hydrogen) atoms. The third kappa shape index (κ3) is 8.39. The van der Waals surface area contributed by atoms with E-state index < -0.39 is 11.6 Å². The van der Waals surface area contributed by atoms with E-state index in [0.717, 1.165) is 23.7 Å². The van der Waals surface area contributed by atoms with E-state index in [1.165, 1.54) is 23.3 Å². The standard InChI is InChI=1S/C30H31BrF2/c1-29(2,3)24-17-22(18-25(21-24)30(4,5)6)14-10-11-15-26-27(32)19-23(20-28(26)33)13-9-7-8-12-16-31/h17-21H,7-8,12,16H2,1-6H3. The second-order valence-electron chi connectivity index (χ2n) is 10.1. The summed E-state index contributed by atoms with van der Waals surface area (Å²) < 4.78 is 28.8. The molecular formula is C30H31BrF2. The number of alkyl halides is 1. The molecule has 2 aromatic carbocycles. The molecule has 0 fully saturated rings. The van der Waals surface area contributed by atoms with Crippen LogP contribution >= 0.6 is 15.9 Å². The molecule has 0 aromatic heterocycles. The van der Waals surface area contributed by atoms with E-state index in [1.54, 1.807) is 0 Å². The molecule has 0 aliphatic rings. The van der Waals surface area contributed by atoms with Gasteiger partial charge in [-0.25, -0.2) is 8.78 Å². The molecule has 0 saturated heterocycles. The van der Waals surface area contributed by atoms with Gasteiger partial charge in [0.25, 0.3) is 0 Å². The molecular weight excluding hydrogens is 478 g/mol. The number of rotatable bonds is 3. The summed E-state index contributed by atoms with van der Waals surface area (Å²) in [5, 5.41) is 0.925. The Kier molecular flexibility index (Phi) is 9.35. The third-order valence-electron chi connectivity index (χ3n) is 5.08. The Balaban J connectivity index is 2.29. The van der Waals surface area contributed by atoms with Gasteiger partial charge in [0.15, 0.2) is 0 Å². The van der Waals surface area contributed by atoms with Gasteiger partial charge in [0.2, 0.25) is 0 Å². The van der Waals surface area contributed by atoms with E-state index >= 15 is 0 Å². The van der Waals surface area contributed by atoms with Gasteiger partial charge in [0, 0.05) is 22.9 Å². The molecule has 0 amide bonds. The van der Waals surface area contributed by atoms with E-state index in [0.29, 0.717) is 12.0 Å². The molecule has 0 spiro atoms. The van der Waals surface area contributed by atoms with Gasteiger partial charge in [-0.2, -0.15) is 0 Å². The lowest BCUT2D eigenvalue weighted by Crippen LogP contribution is -2.16. The summed E-state index contributed by atoms with van der Waals surface area (Å²) in [7, 11) is 0. The molecule has 3 heteroatoms. The summed E-state index contributed by atoms with van der Waals surface area (Å²) in [5.41, 5.74) is 3.21. The Morgan fingerprint density at radius 3 is 1.73 bits per heavy atom. The van der Waals surface area contributed by atoms with E-state index in [9.17, 15) is 8.78 Å². The Bertz CT molecular complexity index is 1120. The first-order valence-corrected chi connectivity index (χ1v) is 12.3. The van der Waals surface area contributed by atoms with Crippen LogP contribution in [0, 0.1) is 47.2 Å². The van der Waals surface area contributed by atoms with Gasteiger partial charge in [-0.3, -0.25) is 0 Å². The van der Waals surface area contributed by atoms with Crippen molar-refractivity contribution in [1.82, 2.24) is 0 Å². The smallest absolute Gasteiger partial charge is 0.143 e. The maximum absolute atomic E-state index is 14.4. The van der Waals surface area contributed by atoms with Gasteiger partial charge in [-0.1, -0.05) is 81.3 Å². The Morgan fingerprint density at radius 1 is 0.697 bits per heavy atom. The van der Waals surface area contributed by atoms with Crippen LogP contribution in [-0.2, 0) is 10.8 Å². The fourth-order valence-corrected chi connectivity index (χ4v) is 3.40. The molecule has 0 aliphatic carbocycles. The molecule has 0 nitrogen and oxygen atoms in total. The SMILES string of the molecule is CC(C)(C)c1cc(C#CC#Cc2c(F)cc(C#CCCCCBr)cc2F)cc(C(C)(C)C)c1. The van der Waals surface area contributed by atoms with Crippen molar-refractivity contribution in [3.05, 3.63) is 69.8 Å². The number of hydrogen-bond acceptors (Lipinski definition) is 0. The van der Waals surface area contributed by atoms with Crippen molar-refractivity contribution in [2.75, 3.05) is 5.33 Å². The normalized spacial score (nSPS) is 10.9. The topological polar surface area (TPSA) is 0 Å². The van der Waals surface area contributed by atoms with Gasteiger partial charge >= 0.3 is 0 Å². The largest absolute Gasteiger partial charge is 0.205 e. The molecule has 172 valence electrons. The highest BCUT2D eigenvalue weighted by atomic mass is 79.9. The van der Waals surface area contributed by atoms with Crippen LogP contribution in [0.5, 0.6) is 0 Å². The molecule has 0 unspecified atom stereocenters. The van der Waals surface area contributed by atoms with Crippen molar-refractivity contribution in [2.24, 2.45) is 0 Å². The van der Waals surface area contributed by atoms with E-state index in [2.05, 4.69) is 111 Å². The highest BCUT2D eigenvalue weighted by molar-refractivity contribution is 9.09. The maximum Gasteiger partial charge on any atom is 0.143 e. The van der Waals surface area contributed by atoms with Gasteiger partial charge < -0.3 is 0 Å². The average Bonchev–Trinajstić information content (AvgIpc) is 2.71. The summed E-state index contributed by atoms with van der Waals surface area (Å²) in [6.45, 7) is 13.0. The summed E-state index contributed by atoms with van der Waals surface area (Å²) in [6, 6.07) is 8.77. The van der Waals surface area contributed by atoms with Crippen LogP contribution < -0.4 is 0 Å². The molecule has 0 radical (unpaired) electrons. The lowest BCUT2D eigenvalue weighted by molar-refractivity contribution is 0.568. The zero-order valence-corrected chi connectivity index (χ0v) is 21.9. The molecule has 2 aromatic rings. The predicted molar refractivity (Wildman–Crippen MR) is 138 cm³/mol. The Morgan fingerprint density at radius 2 is 1.21 bits per heavy atom. The molecule has 0 bridgehead atoms. The summed E-state index contributed by atoms with van der Waals surface area (Å²) in [4.78, 5) is 0. The van der Waals surface area contributed by atoms with Gasteiger partial charge in [0.1, 0.15) is 11.6 Å². The van der Waals surface area contributed by atoms with Crippen LogP contribution in [0.25, 0.3) is 0 Å². The minimum absolute atomic E-state index is 0.0197. The first kappa shape index (κ1) is 26.7. The average molecular weight is 509 g/mol. The number of benzene rings is 2. The van der Waals surface area contributed by atoms with Crippen molar-refractivity contribution in [1.29, 1.82) is 0 Å². The minimum atomic E-state index is -0.723. The second-order valence-corrected chi connectivity index (χ2v) is 10.9. The van der Waals surface area contributed by atoms with E-state index in [4.69, 9.17) is 0 Å². The fourth-order valence-electron chi connectivity index (χ4n) is 3.00. The quantitative estimate of drug-likeness (QED) is 0.224. The first-order chi connectivity index (χ1) is 15.4. The van der Waals surface area contributed by atoms with E-state index in [-0.39, 0.29) is 16.4 Å². The van der Waals surface area contributed by atoms with Crippen LogP contribution in [-0.4, -0.2) is 5.33 Å².